The Morgan fingerprint density at radius 1 is 1.24 bits per heavy atom. The maximum atomic E-state index is 12.8. The number of nitrogens with zero attached hydrogens (tertiary/aromatic N) is 3. The first kappa shape index (κ1) is 21.0. The van der Waals surface area contributed by atoms with Crippen LogP contribution in [0.25, 0.3) is 0 Å². The first-order valence-electron chi connectivity index (χ1n) is 9.39. The average molecular weight is 417 g/mol. The summed E-state index contributed by atoms with van der Waals surface area (Å²) in [5.41, 5.74) is 0.197. The Labute approximate surface area is 170 Å². The number of anilines is 1. The number of aromatic nitrogens is 1. The van der Waals surface area contributed by atoms with Gasteiger partial charge in [-0.2, -0.15) is 9.57 Å². The summed E-state index contributed by atoms with van der Waals surface area (Å²) in [6.45, 7) is 6.48. The second-order valence-electron chi connectivity index (χ2n) is 8.13. The van der Waals surface area contributed by atoms with Crippen LogP contribution in [0, 0.1) is 17.2 Å². The third-order valence-electron chi connectivity index (χ3n) is 4.95. The predicted octanol–water partition coefficient (Wildman–Crippen LogP) is 2.88. The van der Waals surface area contributed by atoms with Crippen molar-refractivity contribution in [2.24, 2.45) is 5.92 Å². The summed E-state index contributed by atoms with van der Waals surface area (Å²) in [4.78, 5) is 12.7. The van der Waals surface area contributed by atoms with Crippen molar-refractivity contribution >= 4 is 21.7 Å². The summed E-state index contributed by atoms with van der Waals surface area (Å²) in [5, 5.41) is 15.5. The lowest BCUT2D eigenvalue weighted by atomic mass is 9.93. The Balaban J connectivity index is 1.60. The lowest BCUT2D eigenvalue weighted by Crippen LogP contribution is -2.41. The van der Waals surface area contributed by atoms with Crippen molar-refractivity contribution in [2.75, 3.05) is 18.4 Å². The van der Waals surface area contributed by atoms with Crippen molar-refractivity contribution in [3.8, 4) is 6.07 Å². The maximum absolute atomic E-state index is 12.8. The molecule has 1 N–H and O–H groups in total. The van der Waals surface area contributed by atoms with E-state index in [0.717, 1.165) is 0 Å². The van der Waals surface area contributed by atoms with Crippen LogP contribution in [-0.4, -0.2) is 36.9 Å². The van der Waals surface area contributed by atoms with Crippen LogP contribution in [0.1, 0.15) is 44.9 Å². The quantitative estimate of drug-likeness (QED) is 0.819. The molecule has 0 spiro atoms. The van der Waals surface area contributed by atoms with Crippen molar-refractivity contribution in [2.45, 2.75) is 43.9 Å². The van der Waals surface area contributed by atoms with Crippen molar-refractivity contribution in [3.05, 3.63) is 41.7 Å². The van der Waals surface area contributed by atoms with E-state index in [1.807, 2.05) is 26.8 Å². The van der Waals surface area contributed by atoms with Crippen molar-refractivity contribution in [1.82, 2.24) is 9.46 Å². The first-order valence-corrected chi connectivity index (χ1v) is 10.8. The third-order valence-corrected chi connectivity index (χ3v) is 6.86. The summed E-state index contributed by atoms with van der Waals surface area (Å²) in [7, 11) is -3.64. The van der Waals surface area contributed by atoms with Crippen LogP contribution in [0.2, 0.25) is 0 Å². The number of sulfonamides is 1. The molecule has 0 bridgehead atoms. The van der Waals surface area contributed by atoms with Gasteiger partial charge in [-0.1, -0.05) is 25.9 Å². The molecule has 0 saturated carbocycles. The van der Waals surface area contributed by atoms with Crippen molar-refractivity contribution in [3.63, 3.8) is 0 Å². The fourth-order valence-electron chi connectivity index (χ4n) is 3.12. The molecule has 1 aromatic carbocycles. The Kier molecular flexibility index (Phi) is 5.78. The highest BCUT2D eigenvalue weighted by molar-refractivity contribution is 7.89. The van der Waals surface area contributed by atoms with Crippen molar-refractivity contribution in [1.29, 1.82) is 5.26 Å². The van der Waals surface area contributed by atoms with Gasteiger partial charge in [-0.3, -0.25) is 4.79 Å². The summed E-state index contributed by atoms with van der Waals surface area (Å²) in [5.74, 6) is 0.565. The molecule has 2 aromatic rings. The molecule has 8 nitrogen and oxygen atoms in total. The van der Waals surface area contributed by atoms with Gasteiger partial charge in [0.2, 0.25) is 15.9 Å². The van der Waals surface area contributed by atoms with Crippen LogP contribution in [0.4, 0.5) is 5.82 Å². The largest absolute Gasteiger partial charge is 0.359 e. The van der Waals surface area contributed by atoms with E-state index in [2.05, 4.69) is 10.5 Å². The normalized spacial score (nSPS) is 16.3. The molecule has 0 radical (unpaired) electrons. The Morgan fingerprint density at radius 3 is 2.38 bits per heavy atom. The molecule has 29 heavy (non-hydrogen) atoms. The minimum absolute atomic E-state index is 0.150. The summed E-state index contributed by atoms with van der Waals surface area (Å²) in [6, 6.07) is 9.51. The number of nitrogens with one attached hydrogen (secondary N) is 1. The van der Waals surface area contributed by atoms with Crippen LogP contribution in [-0.2, 0) is 20.2 Å². The topological polar surface area (TPSA) is 116 Å². The maximum Gasteiger partial charge on any atom is 0.243 e. The zero-order valence-electron chi connectivity index (χ0n) is 16.7. The number of amides is 1. The lowest BCUT2D eigenvalue weighted by molar-refractivity contribution is -0.120. The molecular formula is C20H24N4O4S. The molecule has 0 unspecified atom stereocenters. The Morgan fingerprint density at radius 2 is 1.86 bits per heavy atom. The Bertz CT molecular complexity index is 1020. The molecule has 1 aromatic heterocycles. The van der Waals surface area contributed by atoms with Crippen LogP contribution >= 0.6 is 0 Å². The standard InChI is InChI=1S/C20H24N4O4S/c1-20(2,3)17-12-18(23-28-17)22-19(25)15-8-10-24(11-9-15)29(26,27)16-6-4-14(13-21)5-7-16/h4-7,12,15H,8-11H2,1-3H3,(H,22,23,25). The highest BCUT2D eigenvalue weighted by atomic mass is 32.2. The number of benzene rings is 1. The molecule has 0 atom stereocenters. The third kappa shape index (κ3) is 4.66. The molecule has 1 aliphatic heterocycles. The highest BCUT2D eigenvalue weighted by Gasteiger charge is 2.32. The zero-order valence-corrected chi connectivity index (χ0v) is 17.5. The smallest absolute Gasteiger partial charge is 0.243 e. The van der Waals surface area contributed by atoms with Gasteiger partial charge in [0, 0.05) is 30.5 Å². The molecule has 2 heterocycles. The van der Waals surface area contributed by atoms with E-state index in [1.54, 1.807) is 6.07 Å². The van der Waals surface area contributed by atoms with Gasteiger partial charge in [-0.05, 0) is 37.1 Å². The van der Waals surface area contributed by atoms with E-state index < -0.39 is 10.0 Å². The fraction of sp³-hybridized carbons (Fsp3) is 0.450. The number of rotatable bonds is 4. The molecule has 1 aliphatic rings. The van der Waals surface area contributed by atoms with E-state index in [1.165, 1.54) is 28.6 Å². The van der Waals surface area contributed by atoms with Crippen molar-refractivity contribution < 1.29 is 17.7 Å². The summed E-state index contributed by atoms with van der Waals surface area (Å²) < 4.78 is 32.2. The molecule has 1 fully saturated rings. The number of nitriles is 1. The van der Waals surface area contributed by atoms with Crippen LogP contribution in [0.15, 0.2) is 39.8 Å². The lowest BCUT2D eigenvalue weighted by Gasteiger charge is -2.30. The van der Waals surface area contributed by atoms with Gasteiger partial charge in [0.05, 0.1) is 16.5 Å². The van der Waals surface area contributed by atoms with Gasteiger partial charge in [0.1, 0.15) is 5.76 Å². The van der Waals surface area contributed by atoms with Crippen LogP contribution < -0.4 is 5.32 Å². The Hall–Kier alpha value is -2.70. The molecule has 1 saturated heterocycles. The minimum atomic E-state index is -3.64. The van der Waals surface area contributed by atoms with E-state index in [4.69, 9.17) is 9.78 Å². The molecule has 154 valence electrons. The van der Waals surface area contributed by atoms with Gasteiger partial charge < -0.3 is 9.84 Å². The first-order chi connectivity index (χ1) is 13.6. The summed E-state index contributed by atoms with van der Waals surface area (Å²) >= 11 is 0. The summed E-state index contributed by atoms with van der Waals surface area (Å²) in [6.07, 6.45) is 0.844. The van der Waals surface area contributed by atoms with Gasteiger partial charge in [0.25, 0.3) is 0 Å². The number of piperidine rings is 1. The number of carbonyl (C=O) groups is 1. The van der Waals surface area contributed by atoms with E-state index in [9.17, 15) is 13.2 Å². The van der Waals surface area contributed by atoms with Crippen LogP contribution in [0.3, 0.4) is 0 Å². The molecule has 1 amide bonds. The molecule has 3 rings (SSSR count). The second-order valence-corrected chi connectivity index (χ2v) is 10.1. The van der Waals surface area contributed by atoms with Gasteiger partial charge in [0.15, 0.2) is 5.82 Å². The van der Waals surface area contributed by atoms with Crippen LogP contribution in [0.5, 0.6) is 0 Å². The van der Waals surface area contributed by atoms with Gasteiger partial charge in [-0.15, -0.1) is 0 Å². The predicted molar refractivity (Wildman–Crippen MR) is 106 cm³/mol. The SMILES string of the molecule is CC(C)(C)c1cc(NC(=O)C2CCN(S(=O)(=O)c3ccc(C#N)cc3)CC2)no1. The second kappa shape index (κ2) is 7.97. The van der Waals surface area contributed by atoms with E-state index >= 15 is 0 Å². The number of hydrogen-bond donors (Lipinski definition) is 1. The number of carbonyl (C=O) groups excluding carboxylic acids is 1. The van der Waals surface area contributed by atoms with E-state index in [0.29, 0.717) is 30.0 Å². The zero-order chi connectivity index (χ0) is 21.2. The van der Waals surface area contributed by atoms with Gasteiger partial charge >= 0.3 is 0 Å². The minimum Gasteiger partial charge on any atom is -0.359 e. The monoisotopic (exact) mass is 416 g/mol. The van der Waals surface area contributed by atoms with E-state index in [-0.39, 0.29) is 35.2 Å². The molecular weight excluding hydrogens is 392 g/mol. The van der Waals surface area contributed by atoms with Gasteiger partial charge in [-0.25, -0.2) is 8.42 Å². The number of hydrogen-bond acceptors (Lipinski definition) is 6. The molecule has 9 heteroatoms. The highest BCUT2D eigenvalue weighted by Crippen LogP contribution is 2.27. The average Bonchev–Trinajstić information content (AvgIpc) is 3.17. The fourth-order valence-corrected chi connectivity index (χ4v) is 4.59. The molecule has 0 aliphatic carbocycles.